The molecule has 0 bridgehead atoms. The minimum Gasteiger partial charge on any atom is -0.503 e. The number of halogens is 3. The third-order valence-corrected chi connectivity index (χ3v) is 6.03. The van der Waals surface area contributed by atoms with Gasteiger partial charge in [0.15, 0.2) is 5.76 Å². The van der Waals surface area contributed by atoms with Gasteiger partial charge in [-0.05, 0) is 48.6 Å². The van der Waals surface area contributed by atoms with Gasteiger partial charge in [-0.25, -0.2) is 0 Å². The largest absolute Gasteiger partial charge is 0.503 e. The van der Waals surface area contributed by atoms with Crippen molar-refractivity contribution in [3.8, 4) is 0 Å². The lowest BCUT2D eigenvalue weighted by molar-refractivity contribution is -0.127. The van der Waals surface area contributed by atoms with Gasteiger partial charge in [-0.3, -0.25) is 9.59 Å². The Bertz CT molecular complexity index is 991. The second-order valence-corrected chi connectivity index (χ2v) is 8.22. The van der Waals surface area contributed by atoms with Gasteiger partial charge in [-0.2, -0.15) is 0 Å². The smallest absolute Gasteiger partial charge is 0.289 e. The van der Waals surface area contributed by atoms with Crippen LogP contribution in [-0.4, -0.2) is 41.5 Å². The number of nitrogens with zero attached hydrogens (tertiary/aromatic N) is 1. The molecular weight excluding hydrogens is 447 g/mol. The Kier molecular flexibility index (Phi) is 7.64. The van der Waals surface area contributed by atoms with Crippen LogP contribution in [-0.2, 0) is 22.4 Å². The summed E-state index contributed by atoms with van der Waals surface area (Å²) in [6.07, 6.45) is 1.93. The Morgan fingerprint density at radius 3 is 2.53 bits per heavy atom. The molecule has 2 amide bonds. The van der Waals surface area contributed by atoms with Gasteiger partial charge in [0.25, 0.3) is 11.8 Å². The number of rotatable bonds is 8. The van der Waals surface area contributed by atoms with Crippen LogP contribution in [0.4, 0.5) is 0 Å². The minimum absolute atomic E-state index is 0.0771. The van der Waals surface area contributed by atoms with Gasteiger partial charge in [-0.1, -0.05) is 59.1 Å². The van der Waals surface area contributed by atoms with Crippen molar-refractivity contribution in [3.63, 3.8) is 0 Å². The van der Waals surface area contributed by atoms with Crippen LogP contribution < -0.4 is 5.32 Å². The zero-order chi connectivity index (χ0) is 21.7. The molecule has 0 fully saturated rings. The maximum absolute atomic E-state index is 12.4. The van der Waals surface area contributed by atoms with Gasteiger partial charge >= 0.3 is 0 Å². The summed E-state index contributed by atoms with van der Waals surface area (Å²) in [6.45, 7) is 0.845. The normalized spacial score (nSPS) is 13.8. The summed E-state index contributed by atoms with van der Waals surface area (Å²) >= 11 is 18.0. The van der Waals surface area contributed by atoms with Crippen molar-refractivity contribution in [2.45, 2.75) is 19.3 Å². The fourth-order valence-electron chi connectivity index (χ4n) is 3.23. The van der Waals surface area contributed by atoms with Gasteiger partial charge in [0.05, 0.1) is 22.2 Å². The quantitative estimate of drug-likeness (QED) is 0.558. The van der Waals surface area contributed by atoms with E-state index in [2.05, 4.69) is 5.32 Å². The molecule has 0 saturated carbocycles. The standard InChI is InChI=1S/C22H21Cl3N2O3/c23-17-6-2-1-5-15(17)9-11-27-13-16(20(28)22(27)30)21(29)26-10-3-4-14-7-8-18(24)19(25)12-14/h1-2,5-8,12,28H,3-4,9-11,13H2,(H,26,29). The van der Waals surface area contributed by atoms with E-state index in [4.69, 9.17) is 34.8 Å². The van der Waals surface area contributed by atoms with Crippen LogP contribution in [0.25, 0.3) is 0 Å². The second kappa shape index (κ2) is 10.2. The molecule has 158 valence electrons. The van der Waals surface area contributed by atoms with Crippen LogP contribution in [0, 0.1) is 0 Å². The molecule has 2 N–H and O–H groups in total. The van der Waals surface area contributed by atoms with E-state index < -0.39 is 17.6 Å². The number of hydrogen-bond donors (Lipinski definition) is 2. The Labute approximate surface area is 190 Å². The Morgan fingerprint density at radius 2 is 1.80 bits per heavy atom. The van der Waals surface area contributed by atoms with E-state index in [1.807, 2.05) is 24.3 Å². The predicted molar refractivity (Wildman–Crippen MR) is 119 cm³/mol. The van der Waals surface area contributed by atoms with Crippen LogP contribution in [0.15, 0.2) is 53.8 Å². The summed E-state index contributed by atoms with van der Waals surface area (Å²) in [5.41, 5.74) is 2.02. The lowest BCUT2D eigenvalue weighted by Gasteiger charge is -2.16. The lowest BCUT2D eigenvalue weighted by atomic mass is 10.1. The maximum Gasteiger partial charge on any atom is 0.289 e. The number of carbonyl (C=O) groups is 2. The summed E-state index contributed by atoms with van der Waals surface area (Å²) in [6, 6.07) is 12.8. The number of aryl methyl sites for hydroxylation is 1. The molecule has 0 unspecified atom stereocenters. The topological polar surface area (TPSA) is 69.6 Å². The summed E-state index contributed by atoms with van der Waals surface area (Å²) in [4.78, 5) is 26.1. The van der Waals surface area contributed by atoms with Gasteiger partial charge < -0.3 is 15.3 Å². The van der Waals surface area contributed by atoms with Crippen molar-refractivity contribution >= 4 is 46.6 Å². The highest BCUT2D eigenvalue weighted by atomic mass is 35.5. The number of carbonyl (C=O) groups excluding carboxylic acids is 2. The van der Waals surface area contributed by atoms with Crippen molar-refractivity contribution in [3.05, 3.63) is 80.0 Å². The van der Waals surface area contributed by atoms with E-state index in [-0.39, 0.29) is 12.1 Å². The number of aliphatic hydroxyl groups is 1. The Morgan fingerprint density at radius 1 is 1.03 bits per heavy atom. The number of aliphatic hydroxyl groups excluding tert-OH is 1. The first kappa shape index (κ1) is 22.5. The van der Waals surface area contributed by atoms with E-state index in [0.29, 0.717) is 47.4 Å². The van der Waals surface area contributed by atoms with Crippen molar-refractivity contribution < 1.29 is 14.7 Å². The molecule has 30 heavy (non-hydrogen) atoms. The first-order valence-corrected chi connectivity index (χ1v) is 10.7. The molecule has 0 saturated heterocycles. The molecule has 0 spiro atoms. The first-order valence-electron chi connectivity index (χ1n) is 9.53. The molecule has 1 aliphatic heterocycles. The lowest BCUT2D eigenvalue weighted by Crippen LogP contribution is -2.32. The molecule has 0 radical (unpaired) electrons. The molecule has 3 rings (SSSR count). The Hall–Kier alpha value is -2.21. The van der Waals surface area contributed by atoms with Crippen LogP contribution in [0.2, 0.25) is 15.1 Å². The summed E-state index contributed by atoms with van der Waals surface area (Å²) in [7, 11) is 0. The van der Waals surface area contributed by atoms with Crippen molar-refractivity contribution in [2.24, 2.45) is 0 Å². The molecule has 1 heterocycles. The third kappa shape index (κ3) is 5.48. The molecule has 0 aliphatic carbocycles. The van der Waals surface area contributed by atoms with E-state index >= 15 is 0 Å². The van der Waals surface area contributed by atoms with Gasteiger partial charge in [0.1, 0.15) is 0 Å². The molecule has 5 nitrogen and oxygen atoms in total. The highest BCUT2D eigenvalue weighted by Gasteiger charge is 2.33. The van der Waals surface area contributed by atoms with Crippen molar-refractivity contribution in [1.82, 2.24) is 10.2 Å². The molecule has 8 heteroatoms. The molecule has 2 aromatic rings. The minimum atomic E-state index is -0.539. The van der Waals surface area contributed by atoms with E-state index in [1.165, 1.54) is 4.90 Å². The Balaban J connectivity index is 1.47. The first-order chi connectivity index (χ1) is 14.4. The predicted octanol–water partition coefficient (Wildman–Crippen LogP) is 4.59. The van der Waals surface area contributed by atoms with Crippen LogP contribution in [0.1, 0.15) is 17.5 Å². The summed E-state index contributed by atoms with van der Waals surface area (Å²) in [5.74, 6) is -1.46. The van der Waals surface area contributed by atoms with E-state index in [1.54, 1.807) is 18.2 Å². The van der Waals surface area contributed by atoms with Crippen LogP contribution in [0.3, 0.4) is 0 Å². The van der Waals surface area contributed by atoms with E-state index in [9.17, 15) is 14.7 Å². The fraction of sp³-hybridized carbons (Fsp3) is 0.273. The molecular formula is C22H21Cl3N2O3. The van der Waals surface area contributed by atoms with Gasteiger partial charge in [0, 0.05) is 18.1 Å². The van der Waals surface area contributed by atoms with Gasteiger partial charge in [0.2, 0.25) is 0 Å². The summed E-state index contributed by atoms with van der Waals surface area (Å²) in [5, 5.41) is 14.5. The van der Waals surface area contributed by atoms with Crippen molar-refractivity contribution in [1.29, 1.82) is 0 Å². The molecule has 1 aliphatic rings. The second-order valence-electron chi connectivity index (χ2n) is 7.00. The van der Waals surface area contributed by atoms with Crippen LogP contribution >= 0.6 is 34.8 Å². The molecule has 2 aromatic carbocycles. The van der Waals surface area contributed by atoms with Gasteiger partial charge in [-0.15, -0.1) is 0 Å². The fourth-order valence-corrected chi connectivity index (χ4v) is 3.78. The highest BCUT2D eigenvalue weighted by Crippen LogP contribution is 2.23. The zero-order valence-corrected chi connectivity index (χ0v) is 18.4. The number of nitrogens with one attached hydrogen (secondary N) is 1. The number of amides is 2. The monoisotopic (exact) mass is 466 g/mol. The molecule has 0 aromatic heterocycles. The average Bonchev–Trinajstić information content (AvgIpc) is 3.01. The maximum atomic E-state index is 12.4. The molecule has 0 atom stereocenters. The third-order valence-electron chi connectivity index (χ3n) is 4.92. The van der Waals surface area contributed by atoms with Crippen LogP contribution in [0.5, 0.6) is 0 Å². The number of hydrogen-bond acceptors (Lipinski definition) is 3. The summed E-state index contributed by atoms with van der Waals surface area (Å²) < 4.78 is 0. The highest BCUT2D eigenvalue weighted by molar-refractivity contribution is 6.42. The number of benzene rings is 2. The average molecular weight is 468 g/mol. The van der Waals surface area contributed by atoms with Crippen molar-refractivity contribution in [2.75, 3.05) is 19.6 Å². The zero-order valence-electron chi connectivity index (χ0n) is 16.1. The van der Waals surface area contributed by atoms with E-state index in [0.717, 1.165) is 11.1 Å². The SMILES string of the molecule is O=C(NCCCc1ccc(Cl)c(Cl)c1)C1=C(O)C(=O)N(CCc2ccccc2Cl)C1.